The van der Waals surface area contributed by atoms with Crippen molar-refractivity contribution in [2.45, 2.75) is 181 Å². The maximum Gasteiger partial charge on any atom is 0.309 e. The molecule has 8 nitrogen and oxygen atoms in total. The molecule has 4 aliphatic carbocycles. The maximum atomic E-state index is 13.5. The molecule has 6 rings (SSSR count). The number of esters is 3. The lowest BCUT2D eigenvalue weighted by atomic mass is 9.40. The van der Waals surface area contributed by atoms with Crippen molar-refractivity contribution >= 4 is 17.9 Å². The first-order valence-corrected chi connectivity index (χ1v) is 23.8. The van der Waals surface area contributed by atoms with Crippen molar-refractivity contribution in [3.05, 3.63) is 24.3 Å². The van der Waals surface area contributed by atoms with E-state index < -0.39 is 0 Å². The number of hydrogen-bond acceptors (Lipinski definition) is 8. The van der Waals surface area contributed by atoms with Crippen molar-refractivity contribution < 1.29 is 28.6 Å². The molecule has 2 saturated heterocycles. The highest BCUT2D eigenvalue weighted by atomic mass is 16.6. The molecule has 0 radical (unpaired) electrons. The molecule has 0 spiro atoms. The quantitative estimate of drug-likeness (QED) is 0.0391. The molecule has 2 aliphatic heterocycles. The Balaban J connectivity index is 1.01. The number of ether oxygens (including phenoxy) is 3. The SMILES string of the molecule is CCCCC/C=C\C/C=C\CCCCCCCC(=O)OCC(COC(=O)CC12CC3C[C@@](C)(C1)C[C@](C)(C3)C2)COC(=O)C1CCN(C2CCN(CC)CC2)CC1. The third-order valence-corrected chi connectivity index (χ3v) is 14.4. The van der Waals surface area contributed by atoms with Gasteiger partial charge >= 0.3 is 17.9 Å². The first kappa shape index (κ1) is 45.9. The van der Waals surface area contributed by atoms with Crippen LogP contribution in [0.4, 0.5) is 0 Å². The van der Waals surface area contributed by atoms with Crippen LogP contribution >= 0.6 is 0 Å². The van der Waals surface area contributed by atoms with Crippen LogP contribution < -0.4 is 0 Å². The molecule has 0 aromatic carbocycles. The zero-order chi connectivity index (χ0) is 40.6. The second-order valence-electron chi connectivity index (χ2n) is 20.1. The van der Waals surface area contributed by atoms with Crippen LogP contribution in [0.1, 0.15) is 175 Å². The van der Waals surface area contributed by atoms with Gasteiger partial charge in [-0.25, -0.2) is 0 Å². The summed E-state index contributed by atoms with van der Waals surface area (Å²) in [6, 6.07) is 0.618. The fourth-order valence-corrected chi connectivity index (χ4v) is 12.4. The smallest absolute Gasteiger partial charge is 0.309 e. The molecular formula is C49H82N2O6. The molecule has 0 aromatic rings. The van der Waals surface area contributed by atoms with Crippen molar-refractivity contribution in [3.63, 3.8) is 0 Å². The Hall–Kier alpha value is -2.19. The molecule has 3 unspecified atom stereocenters. The van der Waals surface area contributed by atoms with Crippen LogP contribution in [-0.4, -0.2) is 86.3 Å². The van der Waals surface area contributed by atoms with E-state index in [1.54, 1.807) is 0 Å². The molecule has 4 saturated carbocycles. The number of piperidine rings is 2. The molecule has 2 heterocycles. The Bertz CT molecular complexity index is 1280. The van der Waals surface area contributed by atoms with E-state index in [1.165, 1.54) is 70.6 Å². The van der Waals surface area contributed by atoms with Gasteiger partial charge in [-0.2, -0.15) is 0 Å². The molecule has 8 heteroatoms. The van der Waals surface area contributed by atoms with Crippen molar-refractivity contribution in [2.75, 3.05) is 52.5 Å². The molecule has 5 atom stereocenters. The van der Waals surface area contributed by atoms with Gasteiger partial charge in [0.2, 0.25) is 0 Å². The third kappa shape index (κ3) is 15.1. The number of unbranched alkanes of at least 4 members (excludes halogenated alkanes) is 8. The Morgan fingerprint density at radius 1 is 0.667 bits per heavy atom. The molecule has 6 fully saturated rings. The lowest BCUT2D eigenvalue weighted by Gasteiger charge is -2.65. The fourth-order valence-electron chi connectivity index (χ4n) is 12.4. The summed E-state index contributed by atoms with van der Waals surface area (Å²) in [7, 11) is 0. The molecule has 0 amide bonds. The van der Waals surface area contributed by atoms with E-state index in [-0.39, 0.29) is 55.0 Å². The lowest BCUT2D eigenvalue weighted by molar-refractivity contribution is -0.170. The predicted octanol–water partition coefficient (Wildman–Crippen LogP) is 10.6. The van der Waals surface area contributed by atoms with Gasteiger partial charge in [0, 0.05) is 12.5 Å². The van der Waals surface area contributed by atoms with E-state index in [0.29, 0.717) is 29.7 Å². The minimum absolute atomic E-state index is 0.0395. The zero-order valence-electron chi connectivity index (χ0n) is 36.9. The Labute approximate surface area is 347 Å². The lowest BCUT2D eigenvalue weighted by Crippen LogP contribution is -2.55. The average Bonchev–Trinajstić information content (AvgIpc) is 3.17. The summed E-state index contributed by atoms with van der Waals surface area (Å²) in [6.07, 6.45) is 33.8. The zero-order valence-corrected chi connectivity index (χ0v) is 36.9. The van der Waals surface area contributed by atoms with Crippen LogP contribution in [-0.2, 0) is 28.6 Å². The number of nitrogens with zero attached hydrogens (tertiary/aromatic N) is 2. The Kier molecular flexibility index (Phi) is 18.5. The number of hydrogen-bond donors (Lipinski definition) is 0. The Morgan fingerprint density at radius 3 is 1.89 bits per heavy atom. The summed E-state index contributed by atoms with van der Waals surface area (Å²) in [5.41, 5.74) is 0.715. The average molecular weight is 795 g/mol. The molecule has 4 bridgehead atoms. The highest BCUT2D eigenvalue weighted by Crippen LogP contribution is 2.70. The second kappa shape index (κ2) is 23.0. The van der Waals surface area contributed by atoms with Crippen LogP contribution in [0.3, 0.4) is 0 Å². The van der Waals surface area contributed by atoms with Crippen molar-refractivity contribution in [3.8, 4) is 0 Å². The largest absolute Gasteiger partial charge is 0.465 e. The van der Waals surface area contributed by atoms with E-state index in [1.807, 2.05) is 0 Å². The minimum atomic E-state index is -0.373. The second-order valence-corrected chi connectivity index (χ2v) is 20.1. The summed E-state index contributed by atoms with van der Waals surface area (Å²) in [5.74, 6) is -0.319. The molecule has 6 aliphatic rings. The third-order valence-electron chi connectivity index (χ3n) is 14.4. The van der Waals surface area contributed by atoms with E-state index >= 15 is 0 Å². The van der Waals surface area contributed by atoms with Crippen molar-refractivity contribution in [1.82, 2.24) is 9.80 Å². The van der Waals surface area contributed by atoms with Gasteiger partial charge in [0.1, 0.15) is 19.8 Å². The molecule has 324 valence electrons. The van der Waals surface area contributed by atoms with E-state index in [2.05, 4.69) is 61.8 Å². The van der Waals surface area contributed by atoms with Gasteiger partial charge in [-0.15, -0.1) is 0 Å². The first-order valence-electron chi connectivity index (χ1n) is 23.8. The summed E-state index contributed by atoms with van der Waals surface area (Å²) < 4.78 is 17.6. The maximum absolute atomic E-state index is 13.5. The molecule has 0 aromatic heterocycles. The topological polar surface area (TPSA) is 85.4 Å². The summed E-state index contributed by atoms with van der Waals surface area (Å²) in [4.78, 5) is 44.7. The highest BCUT2D eigenvalue weighted by Gasteiger charge is 2.60. The van der Waals surface area contributed by atoms with Gasteiger partial charge in [-0.05, 0) is 158 Å². The van der Waals surface area contributed by atoms with Gasteiger partial charge in [-0.3, -0.25) is 14.4 Å². The number of carbonyl (C=O) groups is 3. The first-order chi connectivity index (χ1) is 27.5. The van der Waals surface area contributed by atoms with Crippen LogP contribution in [0.15, 0.2) is 24.3 Å². The standard InChI is InChI=1S/C49H82N2O6/c1-5-7-8-9-10-11-12-13-14-15-16-17-18-19-20-21-44(52)55-34-41(35-56-45(53)33-49-32-40-30-47(3,38-49)37-48(4,31-40)39-49)36-57-46(54)42-22-28-51(29-23-42)43-24-26-50(6-2)27-25-43/h10-11,13-14,40-43H,5-9,12,15-39H2,1-4H3/b11-10-,14-13-/t40?,41?,47-,48+,49?. The summed E-state index contributed by atoms with van der Waals surface area (Å²) in [5, 5.41) is 0. The highest BCUT2D eigenvalue weighted by molar-refractivity contribution is 5.72. The van der Waals surface area contributed by atoms with Crippen molar-refractivity contribution in [1.29, 1.82) is 0 Å². The fraction of sp³-hybridized carbons (Fsp3) is 0.857. The van der Waals surface area contributed by atoms with Gasteiger partial charge in [0.15, 0.2) is 0 Å². The van der Waals surface area contributed by atoms with Gasteiger partial charge < -0.3 is 24.0 Å². The number of likely N-dealkylation sites (tertiary alicyclic amines) is 2. The monoisotopic (exact) mass is 795 g/mol. The van der Waals surface area contributed by atoms with Crippen LogP contribution in [0.2, 0.25) is 0 Å². The molecule has 57 heavy (non-hydrogen) atoms. The number of carbonyl (C=O) groups excluding carboxylic acids is 3. The molecular weight excluding hydrogens is 713 g/mol. The number of allylic oxidation sites excluding steroid dienone is 4. The van der Waals surface area contributed by atoms with Gasteiger partial charge in [-0.1, -0.05) is 84.1 Å². The van der Waals surface area contributed by atoms with Crippen LogP contribution in [0.5, 0.6) is 0 Å². The van der Waals surface area contributed by atoms with Crippen LogP contribution in [0, 0.1) is 34.0 Å². The van der Waals surface area contributed by atoms with Gasteiger partial charge in [0.25, 0.3) is 0 Å². The summed E-state index contributed by atoms with van der Waals surface area (Å²) in [6.45, 7) is 15.0. The van der Waals surface area contributed by atoms with Crippen LogP contribution in [0.25, 0.3) is 0 Å². The minimum Gasteiger partial charge on any atom is -0.465 e. The predicted molar refractivity (Wildman–Crippen MR) is 230 cm³/mol. The normalized spacial score (nSPS) is 29.0. The Morgan fingerprint density at radius 2 is 1.26 bits per heavy atom. The van der Waals surface area contributed by atoms with E-state index in [9.17, 15) is 14.4 Å². The number of rotatable bonds is 25. The van der Waals surface area contributed by atoms with Crippen molar-refractivity contribution in [2.24, 2.45) is 34.0 Å². The summed E-state index contributed by atoms with van der Waals surface area (Å²) >= 11 is 0. The van der Waals surface area contributed by atoms with Gasteiger partial charge in [0.05, 0.1) is 18.3 Å². The van der Waals surface area contributed by atoms with E-state index in [0.717, 1.165) is 103 Å². The van der Waals surface area contributed by atoms with E-state index in [4.69, 9.17) is 14.2 Å². The molecule has 0 N–H and O–H groups in total.